The smallest absolute Gasteiger partial charge is 0.318 e. The van der Waals surface area contributed by atoms with Crippen LogP contribution < -0.4 is 15.4 Å². The second kappa shape index (κ2) is 6.61. The predicted octanol–water partition coefficient (Wildman–Crippen LogP) is 2.52. The van der Waals surface area contributed by atoms with E-state index in [4.69, 9.17) is 0 Å². The number of sulfonamides is 1. The normalized spacial score (nSPS) is 10.9. The van der Waals surface area contributed by atoms with E-state index in [2.05, 4.69) is 15.4 Å². The van der Waals surface area contributed by atoms with E-state index in [-0.39, 0.29) is 5.69 Å². The fourth-order valence-electron chi connectivity index (χ4n) is 1.72. The number of carbonyl (C=O) groups is 1. The molecule has 0 bridgehead atoms. The summed E-state index contributed by atoms with van der Waals surface area (Å²) in [6, 6.07) is 8.11. The SMILES string of the molecule is CNC(=O)Nc1ccc(NS(=O)(=O)c2cccc(F)c2F)cc1. The topological polar surface area (TPSA) is 87.3 Å². The lowest BCUT2D eigenvalue weighted by Gasteiger charge is -2.10. The number of amides is 2. The molecule has 2 aromatic rings. The van der Waals surface area contributed by atoms with E-state index in [1.165, 1.54) is 31.3 Å². The summed E-state index contributed by atoms with van der Waals surface area (Å²) in [7, 11) is -2.82. The Hall–Kier alpha value is -2.68. The third kappa shape index (κ3) is 3.95. The monoisotopic (exact) mass is 341 g/mol. The van der Waals surface area contributed by atoms with Crippen LogP contribution in [0.2, 0.25) is 0 Å². The lowest BCUT2D eigenvalue weighted by molar-refractivity contribution is 0.254. The van der Waals surface area contributed by atoms with Gasteiger partial charge < -0.3 is 10.6 Å². The van der Waals surface area contributed by atoms with Crippen LogP contribution in [0.4, 0.5) is 25.0 Å². The molecule has 0 saturated carbocycles. The highest BCUT2D eigenvalue weighted by atomic mass is 32.2. The molecule has 122 valence electrons. The highest BCUT2D eigenvalue weighted by Crippen LogP contribution is 2.21. The molecule has 0 unspecified atom stereocenters. The highest BCUT2D eigenvalue weighted by Gasteiger charge is 2.21. The first-order valence-electron chi connectivity index (χ1n) is 6.39. The maximum atomic E-state index is 13.6. The molecular formula is C14H13F2N3O3S. The van der Waals surface area contributed by atoms with Crippen LogP contribution in [0.3, 0.4) is 0 Å². The summed E-state index contributed by atoms with van der Waals surface area (Å²) in [6.45, 7) is 0. The lowest BCUT2D eigenvalue weighted by atomic mass is 10.3. The van der Waals surface area contributed by atoms with Crippen molar-refractivity contribution in [1.29, 1.82) is 0 Å². The molecule has 0 spiro atoms. The first-order valence-corrected chi connectivity index (χ1v) is 7.87. The van der Waals surface area contributed by atoms with E-state index in [0.29, 0.717) is 5.69 Å². The number of rotatable bonds is 4. The number of hydrogen-bond donors (Lipinski definition) is 3. The fraction of sp³-hybridized carbons (Fsp3) is 0.0714. The molecule has 0 saturated heterocycles. The maximum Gasteiger partial charge on any atom is 0.318 e. The molecular weight excluding hydrogens is 328 g/mol. The van der Waals surface area contributed by atoms with Crippen LogP contribution in [0.1, 0.15) is 0 Å². The number of hydrogen-bond acceptors (Lipinski definition) is 3. The average molecular weight is 341 g/mol. The third-order valence-corrected chi connectivity index (χ3v) is 4.23. The van der Waals surface area contributed by atoms with Crippen molar-refractivity contribution >= 4 is 27.4 Å². The highest BCUT2D eigenvalue weighted by molar-refractivity contribution is 7.92. The molecule has 0 aliphatic carbocycles. The van der Waals surface area contributed by atoms with Crippen LogP contribution in [-0.2, 0) is 10.0 Å². The maximum absolute atomic E-state index is 13.6. The van der Waals surface area contributed by atoms with Crippen LogP contribution in [0.25, 0.3) is 0 Å². The van der Waals surface area contributed by atoms with Crippen molar-refractivity contribution in [3.05, 3.63) is 54.1 Å². The number of anilines is 2. The standard InChI is InChI=1S/C14H13F2N3O3S/c1-17-14(20)18-9-5-7-10(8-6-9)19-23(21,22)12-4-2-3-11(15)13(12)16/h2-8,19H,1H3,(H2,17,18,20). The van der Waals surface area contributed by atoms with Crippen molar-refractivity contribution in [3.8, 4) is 0 Å². The van der Waals surface area contributed by atoms with Gasteiger partial charge in [-0.15, -0.1) is 0 Å². The third-order valence-electron chi connectivity index (χ3n) is 2.83. The van der Waals surface area contributed by atoms with Crippen molar-refractivity contribution in [2.24, 2.45) is 0 Å². The first kappa shape index (κ1) is 16.7. The Bertz CT molecular complexity index is 824. The van der Waals surface area contributed by atoms with Crippen molar-refractivity contribution in [1.82, 2.24) is 5.32 Å². The van der Waals surface area contributed by atoms with Crippen molar-refractivity contribution in [2.75, 3.05) is 17.1 Å². The minimum Gasteiger partial charge on any atom is -0.341 e. The minimum absolute atomic E-state index is 0.135. The summed E-state index contributed by atoms with van der Waals surface area (Å²) in [5.74, 6) is -2.70. The van der Waals surface area contributed by atoms with E-state index in [1.54, 1.807) is 0 Å². The Morgan fingerprint density at radius 1 is 1.00 bits per heavy atom. The van der Waals surface area contributed by atoms with Crippen molar-refractivity contribution in [3.63, 3.8) is 0 Å². The number of halogens is 2. The van der Waals surface area contributed by atoms with Gasteiger partial charge in [0, 0.05) is 18.4 Å². The molecule has 0 radical (unpaired) electrons. The predicted molar refractivity (Wildman–Crippen MR) is 81.7 cm³/mol. The van der Waals surface area contributed by atoms with Gasteiger partial charge in [-0.2, -0.15) is 0 Å². The molecule has 9 heteroatoms. The second-order valence-corrected chi connectivity index (χ2v) is 6.09. The van der Waals surface area contributed by atoms with Gasteiger partial charge in [-0.25, -0.2) is 22.0 Å². The Balaban J connectivity index is 2.21. The average Bonchev–Trinajstić information content (AvgIpc) is 2.51. The summed E-state index contributed by atoms with van der Waals surface area (Å²) in [4.78, 5) is 10.4. The summed E-state index contributed by atoms with van der Waals surface area (Å²) >= 11 is 0. The molecule has 0 atom stereocenters. The zero-order valence-corrected chi connectivity index (χ0v) is 12.7. The van der Waals surface area contributed by atoms with Gasteiger partial charge in [0.25, 0.3) is 10.0 Å². The zero-order valence-electron chi connectivity index (χ0n) is 11.9. The van der Waals surface area contributed by atoms with E-state index in [0.717, 1.165) is 18.2 Å². The van der Waals surface area contributed by atoms with Crippen LogP contribution >= 0.6 is 0 Å². The lowest BCUT2D eigenvalue weighted by Crippen LogP contribution is -2.24. The summed E-state index contributed by atoms with van der Waals surface area (Å²) in [5, 5.41) is 4.85. The van der Waals surface area contributed by atoms with E-state index >= 15 is 0 Å². The van der Waals surface area contributed by atoms with E-state index < -0.39 is 32.6 Å². The van der Waals surface area contributed by atoms with Gasteiger partial charge in [0.1, 0.15) is 4.90 Å². The van der Waals surface area contributed by atoms with E-state index in [1.807, 2.05) is 0 Å². The molecule has 2 rings (SSSR count). The zero-order chi connectivity index (χ0) is 17.0. The molecule has 6 nitrogen and oxygen atoms in total. The Labute approximate surface area is 131 Å². The van der Waals surface area contributed by atoms with E-state index in [9.17, 15) is 22.0 Å². The first-order chi connectivity index (χ1) is 10.8. The molecule has 2 aromatic carbocycles. The number of benzene rings is 2. The molecule has 2 amide bonds. The van der Waals surface area contributed by atoms with Gasteiger partial charge in [-0.05, 0) is 36.4 Å². The molecule has 3 N–H and O–H groups in total. The quantitative estimate of drug-likeness (QED) is 0.798. The van der Waals surface area contributed by atoms with Gasteiger partial charge in [0.05, 0.1) is 0 Å². The molecule has 0 heterocycles. The molecule has 0 aromatic heterocycles. The van der Waals surface area contributed by atoms with Crippen molar-refractivity contribution < 1.29 is 22.0 Å². The summed E-state index contributed by atoms with van der Waals surface area (Å²) < 4.78 is 53.0. The van der Waals surface area contributed by atoms with Gasteiger partial charge in [0.15, 0.2) is 11.6 Å². The van der Waals surface area contributed by atoms with Crippen LogP contribution in [0, 0.1) is 11.6 Å². The molecule has 0 fully saturated rings. The summed E-state index contributed by atoms with van der Waals surface area (Å²) in [6.07, 6.45) is 0. The number of urea groups is 1. The largest absolute Gasteiger partial charge is 0.341 e. The van der Waals surface area contributed by atoms with Gasteiger partial charge in [-0.1, -0.05) is 6.07 Å². The van der Waals surface area contributed by atoms with Crippen molar-refractivity contribution in [2.45, 2.75) is 4.90 Å². The summed E-state index contributed by atoms with van der Waals surface area (Å²) in [5.41, 5.74) is 0.570. The van der Waals surface area contributed by atoms with Gasteiger partial charge >= 0.3 is 6.03 Å². The Morgan fingerprint density at radius 2 is 1.61 bits per heavy atom. The Morgan fingerprint density at radius 3 is 2.22 bits per heavy atom. The molecule has 0 aliphatic heterocycles. The number of nitrogens with one attached hydrogen (secondary N) is 3. The molecule has 0 aliphatic rings. The van der Waals surface area contributed by atoms with Crippen LogP contribution in [-0.4, -0.2) is 21.5 Å². The van der Waals surface area contributed by atoms with Gasteiger partial charge in [0.2, 0.25) is 0 Å². The minimum atomic E-state index is -4.27. The second-order valence-electron chi connectivity index (χ2n) is 4.44. The Kier molecular flexibility index (Phi) is 4.80. The number of carbonyl (C=O) groups excluding carboxylic acids is 1. The fourth-order valence-corrected chi connectivity index (χ4v) is 2.86. The van der Waals surface area contributed by atoms with Crippen LogP contribution in [0.5, 0.6) is 0 Å². The van der Waals surface area contributed by atoms with Gasteiger partial charge in [-0.3, -0.25) is 4.72 Å². The van der Waals surface area contributed by atoms with Crippen LogP contribution in [0.15, 0.2) is 47.4 Å². The molecule has 23 heavy (non-hydrogen) atoms.